The highest BCUT2D eigenvalue weighted by Crippen LogP contribution is 2.32. The molecular formula is C13H13N3O2S. The van der Waals surface area contributed by atoms with Crippen LogP contribution in [0.5, 0.6) is 5.75 Å². The third kappa shape index (κ3) is 2.44. The maximum atomic E-state index is 11.4. The molecule has 0 fully saturated rings. The Morgan fingerprint density at radius 3 is 3.11 bits per heavy atom. The minimum atomic E-state index is -0.305. The molecule has 6 heteroatoms. The summed E-state index contributed by atoms with van der Waals surface area (Å²) in [5, 5.41) is 8.71. The first-order valence-electron chi connectivity index (χ1n) is 6.01. The van der Waals surface area contributed by atoms with Gasteiger partial charge in [-0.15, -0.1) is 10.2 Å². The maximum Gasteiger partial charge on any atom is 0.211 e. The summed E-state index contributed by atoms with van der Waals surface area (Å²) >= 11 is 1.45. The molecule has 2 aromatic rings. The van der Waals surface area contributed by atoms with Gasteiger partial charge in [0.05, 0.1) is 13.0 Å². The van der Waals surface area contributed by atoms with Crippen molar-refractivity contribution >= 4 is 22.3 Å². The third-order valence-corrected chi connectivity index (χ3v) is 3.71. The molecule has 19 heavy (non-hydrogen) atoms. The summed E-state index contributed by atoms with van der Waals surface area (Å²) in [6, 6.07) is 7.86. The molecule has 98 valence electrons. The molecule has 0 radical (unpaired) electrons. The summed E-state index contributed by atoms with van der Waals surface area (Å²) in [6.45, 7) is 2.26. The second kappa shape index (κ2) is 4.97. The lowest BCUT2D eigenvalue weighted by Crippen LogP contribution is -2.43. The molecule has 1 aliphatic heterocycles. The second-order valence-corrected chi connectivity index (χ2v) is 5.25. The van der Waals surface area contributed by atoms with Crippen LogP contribution < -0.4 is 9.64 Å². The van der Waals surface area contributed by atoms with Crippen LogP contribution in [0.1, 0.15) is 18.9 Å². The fourth-order valence-electron chi connectivity index (χ4n) is 2.13. The molecule has 0 bridgehead atoms. The number of carbonyl (C=O) groups is 1. The molecule has 1 aliphatic rings. The Kier molecular flexibility index (Phi) is 3.16. The molecule has 0 saturated carbocycles. The number of rotatable bonds is 3. The van der Waals surface area contributed by atoms with Crippen molar-refractivity contribution in [2.45, 2.75) is 26.1 Å². The van der Waals surface area contributed by atoms with Crippen LogP contribution in [0.4, 0.5) is 5.13 Å². The number of hydrogen-bond donors (Lipinski definition) is 0. The van der Waals surface area contributed by atoms with Gasteiger partial charge < -0.3 is 9.64 Å². The number of Topliss-reactive ketones (excluding diaryl/α,β-unsaturated/α-hetero) is 1. The molecule has 0 spiro atoms. The molecular weight excluding hydrogens is 262 g/mol. The fraction of sp³-hybridized carbons (Fsp3) is 0.308. The van der Waals surface area contributed by atoms with E-state index in [1.54, 1.807) is 12.4 Å². The van der Waals surface area contributed by atoms with Crippen LogP contribution in [0.2, 0.25) is 0 Å². The number of ether oxygens (including phenoxy) is 1. The van der Waals surface area contributed by atoms with Gasteiger partial charge >= 0.3 is 0 Å². The first kappa shape index (κ1) is 12.1. The Morgan fingerprint density at radius 1 is 1.53 bits per heavy atom. The first-order valence-corrected chi connectivity index (χ1v) is 6.89. The zero-order valence-corrected chi connectivity index (χ0v) is 11.3. The maximum absolute atomic E-state index is 11.4. The predicted octanol–water partition coefficient (Wildman–Crippen LogP) is 2.24. The van der Waals surface area contributed by atoms with Crippen LogP contribution in [0, 0.1) is 0 Å². The Balaban J connectivity index is 1.94. The molecule has 0 N–H and O–H groups in total. The summed E-state index contributed by atoms with van der Waals surface area (Å²) < 4.78 is 5.92. The molecule has 0 amide bonds. The molecule has 5 nitrogen and oxygen atoms in total. The Morgan fingerprint density at radius 2 is 2.37 bits per heavy atom. The average Bonchev–Trinajstić information content (AvgIpc) is 2.91. The van der Waals surface area contributed by atoms with Gasteiger partial charge in [0.2, 0.25) is 5.13 Å². The summed E-state index contributed by atoms with van der Waals surface area (Å²) in [5.74, 6) is 0.938. The topological polar surface area (TPSA) is 55.3 Å². The smallest absolute Gasteiger partial charge is 0.211 e. The number of fused-ring (bicyclic) bond motifs is 1. The van der Waals surface area contributed by atoms with Crippen LogP contribution in [0.3, 0.4) is 0 Å². The summed E-state index contributed by atoms with van der Waals surface area (Å²) in [5.41, 5.74) is 2.78. The van der Waals surface area contributed by atoms with E-state index in [4.69, 9.17) is 4.74 Å². The minimum Gasteiger partial charge on any atom is -0.470 e. The highest BCUT2D eigenvalue weighted by atomic mass is 32.1. The number of nitrogens with zero attached hydrogens (tertiary/aromatic N) is 3. The highest BCUT2D eigenvalue weighted by Gasteiger charge is 2.30. The lowest BCUT2D eigenvalue weighted by atomic mass is 10.1. The number of ketones is 1. The second-order valence-electron chi connectivity index (χ2n) is 4.44. The summed E-state index contributed by atoms with van der Waals surface area (Å²) in [4.78, 5) is 13.4. The van der Waals surface area contributed by atoms with E-state index in [-0.39, 0.29) is 12.0 Å². The van der Waals surface area contributed by atoms with E-state index in [0.29, 0.717) is 13.0 Å². The van der Waals surface area contributed by atoms with Crippen molar-refractivity contribution in [1.82, 2.24) is 10.2 Å². The first-order chi connectivity index (χ1) is 9.24. The van der Waals surface area contributed by atoms with Crippen molar-refractivity contribution in [3.8, 4) is 5.75 Å². The van der Waals surface area contributed by atoms with Crippen molar-refractivity contribution < 1.29 is 9.53 Å². The van der Waals surface area contributed by atoms with E-state index in [0.717, 1.165) is 16.4 Å². The molecule has 2 heterocycles. The number of hydrogen-bond acceptors (Lipinski definition) is 6. The summed E-state index contributed by atoms with van der Waals surface area (Å²) in [7, 11) is 0. The molecule has 1 aromatic carbocycles. The van der Waals surface area contributed by atoms with Crippen molar-refractivity contribution in [1.29, 1.82) is 0 Å². The van der Waals surface area contributed by atoms with Crippen molar-refractivity contribution in [2.24, 2.45) is 0 Å². The predicted molar refractivity (Wildman–Crippen MR) is 72.2 cm³/mol. The van der Waals surface area contributed by atoms with E-state index in [9.17, 15) is 4.79 Å². The molecule has 1 aromatic heterocycles. The van der Waals surface area contributed by atoms with E-state index in [1.807, 2.05) is 29.2 Å². The van der Waals surface area contributed by atoms with Gasteiger partial charge in [-0.25, -0.2) is 0 Å². The molecule has 0 saturated heterocycles. The van der Waals surface area contributed by atoms with Crippen molar-refractivity contribution in [2.75, 3.05) is 4.90 Å². The number of para-hydroxylation sites is 1. The van der Waals surface area contributed by atoms with E-state index < -0.39 is 0 Å². The van der Waals surface area contributed by atoms with Gasteiger partial charge in [0, 0.05) is 5.56 Å². The van der Waals surface area contributed by atoms with Crippen molar-refractivity contribution in [3.05, 3.63) is 35.3 Å². The Labute approximate surface area is 114 Å². The average molecular weight is 275 g/mol. The van der Waals surface area contributed by atoms with Crippen molar-refractivity contribution in [3.63, 3.8) is 0 Å². The van der Waals surface area contributed by atoms with E-state index in [1.165, 1.54) is 11.3 Å². The molecule has 0 aliphatic carbocycles. The van der Waals surface area contributed by atoms with Gasteiger partial charge in [0.25, 0.3) is 0 Å². The highest BCUT2D eigenvalue weighted by molar-refractivity contribution is 7.13. The van der Waals surface area contributed by atoms with E-state index in [2.05, 4.69) is 10.2 Å². The number of carbonyl (C=O) groups excluding carboxylic acids is 1. The SMILES string of the molecule is CC(=O)CC1Oc2ccccc2CN1c1nncs1. The van der Waals surface area contributed by atoms with Gasteiger partial charge in [0.1, 0.15) is 17.0 Å². The summed E-state index contributed by atoms with van der Waals surface area (Å²) in [6.07, 6.45) is 0.0360. The van der Waals surface area contributed by atoms with Crippen LogP contribution >= 0.6 is 11.3 Å². The number of benzene rings is 1. The molecule has 1 atom stereocenters. The normalized spacial score (nSPS) is 17.7. The number of anilines is 1. The third-order valence-electron chi connectivity index (χ3n) is 2.98. The molecule has 3 rings (SSSR count). The monoisotopic (exact) mass is 275 g/mol. The fourth-order valence-corrected chi connectivity index (χ4v) is 2.73. The van der Waals surface area contributed by atoms with Crippen LogP contribution in [-0.2, 0) is 11.3 Å². The molecule has 1 unspecified atom stereocenters. The van der Waals surface area contributed by atoms with Gasteiger partial charge in [-0.3, -0.25) is 4.79 Å². The lowest BCUT2D eigenvalue weighted by Gasteiger charge is -2.36. The Bertz CT molecular complexity index is 585. The van der Waals surface area contributed by atoms with Crippen LogP contribution in [0.25, 0.3) is 0 Å². The van der Waals surface area contributed by atoms with Crippen LogP contribution in [-0.4, -0.2) is 22.2 Å². The lowest BCUT2D eigenvalue weighted by molar-refractivity contribution is -0.118. The van der Waals surface area contributed by atoms with Gasteiger partial charge in [-0.1, -0.05) is 29.5 Å². The zero-order chi connectivity index (χ0) is 13.2. The Hall–Kier alpha value is -1.95. The van der Waals surface area contributed by atoms with Gasteiger partial charge in [0.15, 0.2) is 6.23 Å². The number of aromatic nitrogens is 2. The van der Waals surface area contributed by atoms with Gasteiger partial charge in [-0.2, -0.15) is 0 Å². The quantitative estimate of drug-likeness (QED) is 0.860. The van der Waals surface area contributed by atoms with E-state index >= 15 is 0 Å². The standard InChI is InChI=1S/C13H13N3O2S/c1-9(17)6-12-16(13-15-14-8-19-13)7-10-4-2-3-5-11(10)18-12/h2-5,8,12H,6-7H2,1H3. The minimum absolute atomic E-state index is 0.0962. The largest absolute Gasteiger partial charge is 0.470 e. The zero-order valence-electron chi connectivity index (χ0n) is 10.4. The van der Waals surface area contributed by atoms with Gasteiger partial charge in [-0.05, 0) is 13.0 Å². The van der Waals surface area contributed by atoms with Crippen LogP contribution in [0.15, 0.2) is 29.8 Å².